The Morgan fingerprint density at radius 1 is 0.607 bits per heavy atom. The molecule has 6 heteroatoms. The van der Waals surface area contributed by atoms with Crippen LogP contribution in [0.3, 0.4) is 0 Å². The van der Waals surface area contributed by atoms with Gasteiger partial charge in [0, 0.05) is 43.2 Å². The molecule has 0 spiro atoms. The average molecular weight is 476 g/mol. The molecule has 152 valence electrons. The average Bonchev–Trinajstić information content (AvgIpc) is 3.33. The van der Waals surface area contributed by atoms with Crippen molar-refractivity contribution in [3.63, 3.8) is 0 Å². The van der Waals surface area contributed by atoms with Gasteiger partial charge in [0.25, 0.3) is 0 Å². The minimum absolute atomic E-state index is 0. The molecule has 0 aliphatic carbocycles. The first-order chi connectivity index (χ1) is 12.9. The van der Waals surface area contributed by atoms with Crippen LogP contribution in [-0.4, -0.2) is 62.2 Å². The molecule has 1 aliphatic rings. The number of rotatable bonds is 4. The molecule has 2 N–H and O–H groups in total. The van der Waals surface area contributed by atoms with Crippen molar-refractivity contribution >= 4 is 0 Å². The van der Waals surface area contributed by atoms with Crippen molar-refractivity contribution < 1.29 is 36.5 Å². The normalized spacial score (nSPS) is 18.6. The predicted molar refractivity (Wildman–Crippen MR) is 110 cm³/mol. The smallest absolute Gasteiger partial charge is 0.315 e. The molecule has 1 aliphatic heterocycles. The first-order valence-electron chi connectivity index (χ1n) is 10.2. The van der Waals surface area contributed by atoms with E-state index >= 15 is 0 Å². The van der Waals surface area contributed by atoms with Crippen LogP contribution in [0, 0.1) is 0 Å². The van der Waals surface area contributed by atoms with Crippen LogP contribution >= 0.6 is 0 Å². The maximum Gasteiger partial charge on any atom is 2.00 e. The van der Waals surface area contributed by atoms with Gasteiger partial charge in [-0.2, -0.15) is 24.3 Å². The van der Waals surface area contributed by atoms with E-state index in [0.29, 0.717) is 0 Å². The Morgan fingerprint density at radius 2 is 1.00 bits per heavy atom. The predicted octanol–water partition coefficient (Wildman–Crippen LogP) is 2.40. The minimum Gasteiger partial charge on any atom is -0.315 e. The second-order valence-electron chi connectivity index (χ2n) is 7.35. The van der Waals surface area contributed by atoms with E-state index in [1.807, 2.05) is 0 Å². The van der Waals surface area contributed by atoms with Crippen LogP contribution in [-0.2, 0) is 49.6 Å². The minimum atomic E-state index is 0. The van der Waals surface area contributed by atoms with Crippen LogP contribution in [0.25, 0.3) is 0 Å². The van der Waals surface area contributed by atoms with E-state index in [-0.39, 0.29) is 36.5 Å². The van der Waals surface area contributed by atoms with Crippen LogP contribution < -0.4 is 10.6 Å². The van der Waals surface area contributed by atoms with Gasteiger partial charge in [-0.1, -0.05) is 0 Å². The van der Waals surface area contributed by atoms with Gasteiger partial charge in [0.2, 0.25) is 0 Å². The first kappa shape index (κ1) is 25.7. The Balaban J connectivity index is 0.00000196. The topological polar surface area (TPSA) is 30.5 Å². The summed E-state index contributed by atoms with van der Waals surface area (Å²) in [4.78, 5) is 5.16. The van der Waals surface area contributed by atoms with Crippen molar-refractivity contribution in [3.8, 4) is 0 Å². The molecule has 1 heterocycles. The Hall–Kier alpha value is -0.317. The zero-order chi connectivity index (χ0) is 17.9. The molecule has 0 amide bonds. The second kappa shape index (κ2) is 15.5. The summed E-state index contributed by atoms with van der Waals surface area (Å²) >= 11 is 0. The zero-order valence-corrected chi connectivity index (χ0v) is 21.1. The zero-order valence-electron chi connectivity index (χ0n) is 17.1. The van der Waals surface area contributed by atoms with Gasteiger partial charge in [-0.05, 0) is 52.1 Å². The van der Waals surface area contributed by atoms with E-state index in [9.17, 15) is 0 Å². The summed E-state index contributed by atoms with van der Waals surface area (Å²) in [5.41, 5.74) is 2.87. The molecular formula is C22H34FeN4Zn. The van der Waals surface area contributed by atoms with Crippen molar-refractivity contribution in [1.82, 2.24) is 20.4 Å². The van der Waals surface area contributed by atoms with Gasteiger partial charge in [0.15, 0.2) is 0 Å². The van der Waals surface area contributed by atoms with Crippen molar-refractivity contribution in [2.24, 2.45) is 0 Å². The summed E-state index contributed by atoms with van der Waals surface area (Å²) in [7, 11) is 0. The molecular weight excluding hydrogens is 442 g/mol. The van der Waals surface area contributed by atoms with E-state index in [1.165, 1.54) is 24.0 Å². The Labute approximate surface area is 194 Å². The van der Waals surface area contributed by atoms with Crippen LogP contribution in [0.2, 0.25) is 0 Å². The number of nitrogens with one attached hydrogen (secondary N) is 2. The molecule has 2 aromatic carbocycles. The summed E-state index contributed by atoms with van der Waals surface area (Å²) in [6.45, 7) is 11.1. The molecule has 0 aromatic heterocycles. The van der Waals surface area contributed by atoms with Crippen LogP contribution in [0.1, 0.15) is 24.0 Å². The maximum atomic E-state index is 3.64. The SMILES string of the molecule is [Fe].[Zn+2].c1cc[c-](CN2CCCNCCN(C[c-]3cccc3)CCCNCC2)c1. The molecule has 0 saturated carbocycles. The van der Waals surface area contributed by atoms with Crippen molar-refractivity contribution in [3.05, 3.63) is 59.7 Å². The molecule has 0 bridgehead atoms. The Kier molecular flexibility index (Phi) is 14.2. The van der Waals surface area contributed by atoms with Gasteiger partial charge in [0.1, 0.15) is 0 Å². The molecule has 4 nitrogen and oxygen atoms in total. The second-order valence-corrected chi connectivity index (χ2v) is 7.35. The third-order valence-electron chi connectivity index (χ3n) is 5.14. The largest absolute Gasteiger partial charge is 2.00 e. The van der Waals surface area contributed by atoms with E-state index < -0.39 is 0 Å². The summed E-state index contributed by atoms with van der Waals surface area (Å²) in [6, 6.07) is 17.5. The molecule has 1 saturated heterocycles. The van der Waals surface area contributed by atoms with Crippen molar-refractivity contribution in [1.29, 1.82) is 0 Å². The number of hydrogen-bond acceptors (Lipinski definition) is 4. The van der Waals surface area contributed by atoms with Crippen molar-refractivity contribution in [2.45, 2.75) is 25.9 Å². The van der Waals surface area contributed by atoms with E-state index in [1.54, 1.807) is 0 Å². The monoisotopic (exact) mass is 474 g/mol. The molecule has 0 radical (unpaired) electrons. The van der Waals surface area contributed by atoms with Gasteiger partial charge in [0.05, 0.1) is 0 Å². The van der Waals surface area contributed by atoms with E-state index in [0.717, 1.165) is 65.4 Å². The van der Waals surface area contributed by atoms with Gasteiger partial charge in [-0.15, -0.1) is 11.1 Å². The molecule has 0 atom stereocenters. The first-order valence-corrected chi connectivity index (χ1v) is 10.2. The molecule has 2 aromatic rings. The van der Waals surface area contributed by atoms with Crippen molar-refractivity contribution in [2.75, 3.05) is 52.4 Å². The van der Waals surface area contributed by atoms with Crippen LogP contribution in [0.4, 0.5) is 0 Å². The van der Waals surface area contributed by atoms with Gasteiger partial charge < -0.3 is 20.4 Å². The Bertz CT molecular complexity index is 505. The van der Waals surface area contributed by atoms with E-state index in [2.05, 4.69) is 69.0 Å². The maximum absolute atomic E-state index is 3.64. The summed E-state index contributed by atoms with van der Waals surface area (Å²) < 4.78 is 0. The fourth-order valence-corrected chi connectivity index (χ4v) is 3.67. The Morgan fingerprint density at radius 3 is 1.39 bits per heavy atom. The van der Waals surface area contributed by atoms with Gasteiger partial charge in [-0.3, -0.25) is 0 Å². The summed E-state index contributed by atoms with van der Waals surface area (Å²) in [5, 5.41) is 7.29. The van der Waals surface area contributed by atoms with Gasteiger partial charge in [-0.25, -0.2) is 24.3 Å². The molecule has 3 rings (SSSR count). The molecule has 1 fully saturated rings. The fraction of sp³-hybridized carbons (Fsp3) is 0.545. The summed E-state index contributed by atoms with van der Waals surface area (Å²) in [6.07, 6.45) is 2.42. The van der Waals surface area contributed by atoms with Crippen LogP contribution in [0.5, 0.6) is 0 Å². The van der Waals surface area contributed by atoms with Gasteiger partial charge >= 0.3 is 19.5 Å². The third kappa shape index (κ3) is 9.94. The third-order valence-corrected chi connectivity index (χ3v) is 5.14. The van der Waals surface area contributed by atoms with Crippen LogP contribution in [0.15, 0.2) is 48.5 Å². The quantitative estimate of drug-likeness (QED) is 0.525. The fourth-order valence-electron chi connectivity index (χ4n) is 3.67. The van der Waals surface area contributed by atoms with E-state index in [4.69, 9.17) is 0 Å². The summed E-state index contributed by atoms with van der Waals surface area (Å²) in [5.74, 6) is 0. The molecule has 28 heavy (non-hydrogen) atoms. The number of nitrogens with zero attached hydrogens (tertiary/aromatic N) is 2. The standard InChI is InChI=1S/C22H34N4.Fe.Zn/c1-2-8-21(7-1)19-25-15-5-11-24-14-18-26(16-6-12-23-13-17-25)20-22-9-3-4-10-22;;/h1-4,7-10,23-24H,5-6,11-20H2;;/q-2;;+2. The number of hydrogen-bond donors (Lipinski definition) is 2. The molecule has 0 unspecified atom stereocenters.